The number of nitrogens with two attached hydrogens (primary N) is 1. The highest BCUT2D eigenvalue weighted by Crippen LogP contribution is 2.37. The fraction of sp³-hybridized carbons (Fsp3) is 0.588. The van der Waals surface area contributed by atoms with E-state index in [0.29, 0.717) is 6.54 Å². The van der Waals surface area contributed by atoms with E-state index in [2.05, 4.69) is 4.90 Å². The maximum absolute atomic E-state index is 12.8. The summed E-state index contributed by atoms with van der Waals surface area (Å²) in [5, 5.41) is 0. The van der Waals surface area contributed by atoms with Gasteiger partial charge in [0, 0.05) is 19.6 Å². The molecule has 3 unspecified atom stereocenters. The molecule has 0 aromatic heterocycles. The van der Waals surface area contributed by atoms with Gasteiger partial charge >= 0.3 is 0 Å². The van der Waals surface area contributed by atoms with Gasteiger partial charge in [0.05, 0.1) is 5.92 Å². The normalized spacial score (nSPS) is 25.9. The number of hydrogen-bond donors (Lipinski definition) is 1. The Morgan fingerprint density at radius 3 is 2.24 bits per heavy atom. The molecule has 1 aliphatic heterocycles. The minimum atomic E-state index is -0.170. The van der Waals surface area contributed by atoms with Crippen molar-refractivity contribution < 1.29 is 4.79 Å². The molecule has 21 heavy (non-hydrogen) atoms. The third kappa shape index (κ3) is 3.41. The molecule has 116 valence electrons. The largest absolute Gasteiger partial charge is 0.342 e. The Kier molecular flexibility index (Phi) is 5.65. The second-order valence-corrected chi connectivity index (χ2v) is 6.25. The lowest BCUT2D eigenvalue weighted by Crippen LogP contribution is -2.36. The van der Waals surface area contributed by atoms with E-state index in [9.17, 15) is 4.79 Å². The van der Waals surface area contributed by atoms with Crippen LogP contribution in [0.25, 0.3) is 0 Å². The van der Waals surface area contributed by atoms with Gasteiger partial charge in [-0.05, 0) is 30.2 Å². The molecule has 1 saturated heterocycles. The maximum atomic E-state index is 12.8. The van der Waals surface area contributed by atoms with Crippen molar-refractivity contribution in [2.45, 2.75) is 31.6 Å². The van der Waals surface area contributed by atoms with Crippen molar-refractivity contribution in [2.24, 2.45) is 17.6 Å². The standard InChI is InChI=1S/C17H24N2O.ClH/c18-10-16(13-6-2-1-3-7-13)17(20)19-11-14-8-4-5-9-15(14)12-19;/h1-3,6-7,14-16H,4-5,8-12,18H2;1H. The van der Waals surface area contributed by atoms with E-state index in [-0.39, 0.29) is 24.2 Å². The summed E-state index contributed by atoms with van der Waals surface area (Å²) in [5.41, 5.74) is 6.92. The van der Waals surface area contributed by atoms with Gasteiger partial charge in [0.15, 0.2) is 0 Å². The second-order valence-electron chi connectivity index (χ2n) is 6.25. The molecule has 4 heteroatoms. The molecule has 3 nitrogen and oxygen atoms in total. The van der Waals surface area contributed by atoms with Crippen molar-refractivity contribution in [1.29, 1.82) is 0 Å². The average molecular weight is 309 g/mol. The van der Waals surface area contributed by atoms with Crippen molar-refractivity contribution in [3.63, 3.8) is 0 Å². The Morgan fingerprint density at radius 2 is 1.71 bits per heavy atom. The van der Waals surface area contributed by atoms with Crippen molar-refractivity contribution in [3.8, 4) is 0 Å². The van der Waals surface area contributed by atoms with Crippen molar-refractivity contribution >= 4 is 18.3 Å². The van der Waals surface area contributed by atoms with Gasteiger partial charge in [-0.2, -0.15) is 0 Å². The average Bonchev–Trinajstić information content (AvgIpc) is 2.93. The van der Waals surface area contributed by atoms with E-state index < -0.39 is 0 Å². The number of amides is 1. The van der Waals surface area contributed by atoms with Crippen LogP contribution in [0.1, 0.15) is 37.2 Å². The molecule has 0 radical (unpaired) electrons. The molecule has 2 aliphatic rings. The zero-order chi connectivity index (χ0) is 13.9. The predicted molar refractivity (Wildman–Crippen MR) is 87.5 cm³/mol. The van der Waals surface area contributed by atoms with Gasteiger partial charge in [0.2, 0.25) is 5.91 Å². The van der Waals surface area contributed by atoms with Gasteiger partial charge in [-0.3, -0.25) is 4.79 Å². The van der Waals surface area contributed by atoms with Crippen LogP contribution in [-0.4, -0.2) is 30.4 Å². The molecule has 1 aromatic rings. The first-order valence-corrected chi connectivity index (χ1v) is 7.83. The number of carbonyl (C=O) groups excluding carboxylic acids is 1. The molecular weight excluding hydrogens is 284 g/mol. The highest BCUT2D eigenvalue weighted by molar-refractivity contribution is 5.85. The molecular formula is C17H25ClN2O. The van der Waals surface area contributed by atoms with Crippen LogP contribution in [0, 0.1) is 11.8 Å². The number of carbonyl (C=O) groups is 1. The van der Waals surface area contributed by atoms with Gasteiger partial charge in [0.1, 0.15) is 0 Å². The third-order valence-corrected chi connectivity index (χ3v) is 5.02. The van der Waals surface area contributed by atoms with E-state index in [1.54, 1.807) is 0 Å². The molecule has 3 rings (SSSR count). The number of rotatable bonds is 3. The van der Waals surface area contributed by atoms with Crippen molar-refractivity contribution in [1.82, 2.24) is 4.90 Å². The van der Waals surface area contributed by atoms with Gasteiger partial charge in [0.25, 0.3) is 0 Å². The number of likely N-dealkylation sites (tertiary alicyclic amines) is 1. The fourth-order valence-corrected chi connectivity index (χ4v) is 3.87. The van der Waals surface area contributed by atoms with E-state index in [1.165, 1.54) is 25.7 Å². The lowest BCUT2D eigenvalue weighted by Gasteiger charge is -2.23. The highest BCUT2D eigenvalue weighted by Gasteiger charge is 2.38. The number of fused-ring (bicyclic) bond motifs is 1. The number of benzene rings is 1. The molecule has 1 amide bonds. The zero-order valence-electron chi connectivity index (χ0n) is 12.4. The van der Waals surface area contributed by atoms with Crippen LogP contribution in [0.5, 0.6) is 0 Å². The lowest BCUT2D eigenvalue weighted by molar-refractivity contribution is -0.131. The summed E-state index contributed by atoms with van der Waals surface area (Å²) in [6.45, 7) is 2.30. The fourth-order valence-electron chi connectivity index (χ4n) is 3.87. The molecule has 3 atom stereocenters. The van der Waals surface area contributed by atoms with Crippen LogP contribution < -0.4 is 5.73 Å². The van der Waals surface area contributed by atoms with Crippen LogP contribution in [0.3, 0.4) is 0 Å². The Bertz CT molecular complexity index is 451. The summed E-state index contributed by atoms with van der Waals surface area (Å²) >= 11 is 0. The Morgan fingerprint density at radius 1 is 1.14 bits per heavy atom. The Balaban J connectivity index is 0.00000161. The number of nitrogens with zero attached hydrogens (tertiary/aromatic N) is 1. The molecule has 0 bridgehead atoms. The minimum Gasteiger partial charge on any atom is -0.342 e. The van der Waals surface area contributed by atoms with Gasteiger partial charge in [-0.25, -0.2) is 0 Å². The van der Waals surface area contributed by atoms with Crippen LogP contribution in [0.2, 0.25) is 0 Å². The number of halogens is 1. The van der Waals surface area contributed by atoms with E-state index in [0.717, 1.165) is 30.5 Å². The molecule has 2 fully saturated rings. The second kappa shape index (κ2) is 7.28. The summed E-state index contributed by atoms with van der Waals surface area (Å²) in [4.78, 5) is 14.8. The zero-order valence-corrected chi connectivity index (χ0v) is 13.2. The quantitative estimate of drug-likeness (QED) is 0.933. The van der Waals surface area contributed by atoms with Gasteiger partial charge in [-0.1, -0.05) is 43.2 Å². The summed E-state index contributed by atoms with van der Waals surface area (Å²) in [6.07, 6.45) is 5.27. The summed E-state index contributed by atoms with van der Waals surface area (Å²) < 4.78 is 0. The predicted octanol–water partition coefficient (Wildman–Crippen LogP) is 2.80. The lowest BCUT2D eigenvalue weighted by atomic mass is 9.82. The van der Waals surface area contributed by atoms with Crippen LogP contribution in [0.15, 0.2) is 30.3 Å². The third-order valence-electron chi connectivity index (χ3n) is 5.02. The van der Waals surface area contributed by atoms with Crippen LogP contribution in [-0.2, 0) is 4.79 Å². The molecule has 1 aromatic carbocycles. The first kappa shape index (κ1) is 16.3. The topological polar surface area (TPSA) is 46.3 Å². The van der Waals surface area contributed by atoms with Gasteiger partial charge < -0.3 is 10.6 Å². The van der Waals surface area contributed by atoms with Crippen molar-refractivity contribution in [3.05, 3.63) is 35.9 Å². The number of hydrogen-bond acceptors (Lipinski definition) is 2. The van der Waals surface area contributed by atoms with Gasteiger partial charge in [-0.15, -0.1) is 12.4 Å². The smallest absolute Gasteiger partial charge is 0.231 e. The minimum absolute atomic E-state index is 0. The Labute approximate surface area is 133 Å². The van der Waals surface area contributed by atoms with E-state index >= 15 is 0 Å². The maximum Gasteiger partial charge on any atom is 0.231 e. The summed E-state index contributed by atoms with van der Waals surface area (Å²) in [6, 6.07) is 9.97. The molecule has 1 heterocycles. The first-order valence-electron chi connectivity index (χ1n) is 7.83. The highest BCUT2D eigenvalue weighted by atomic mass is 35.5. The van der Waals surface area contributed by atoms with E-state index in [1.807, 2.05) is 30.3 Å². The van der Waals surface area contributed by atoms with Crippen LogP contribution in [0.4, 0.5) is 0 Å². The SMILES string of the molecule is Cl.NCC(C(=O)N1CC2CCCCC2C1)c1ccccc1. The molecule has 2 N–H and O–H groups in total. The molecule has 0 spiro atoms. The summed E-state index contributed by atoms with van der Waals surface area (Å²) in [7, 11) is 0. The van der Waals surface area contributed by atoms with Crippen molar-refractivity contribution in [2.75, 3.05) is 19.6 Å². The monoisotopic (exact) mass is 308 g/mol. The van der Waals surface area contributed by atoms with Crippen LogP contribution >= 0.6 is 12.4 Å². The Hall–Kier alpha value is -1.06. The molecule has 1 aliphatic carbocycles. The van der Waals surface area contributed by atoms with E-state index in [4.69, 9.17) is 5.73 Å². The molecule has 1 saturated carbocycles. The summed E-state index contributed by atoms with van der Waals surface area (Å²) in [5.74, 6) is 1.54. The first-order chi connectivity index (χ1) is 9.79.